The predicted molar refractivity (Wildman–Crippen MR) is 131 cm³/mol. The molecule has 0 bridgehead atoms. The van der Waals surface area contributed by atoms with Crippen LogP contribution in [-0.4, -0.2) is 27.2 Å². The van der Waals surface area contributed by atoms with Crippen LogP contribution in [-0.2, 0) is 6.42 Å². The third-order valence-electron chi connectivity index (χ3n) is 7.00. The Balaban J connectivity index is 1.99. The summed E-state index contributed by atoms with van der Waals surface area (Å²) in [5.74, 6) is 1.98. The monoisotopic (exact) mass is 418 g/mol. The number of aryl methyl sites for hydroxylation is 5. The van der Waals surface area contributed by atoms with Crippen molar-refractivity contribution in [2.24, 2.45) is 5.92 Å². The van der Waals surface area contributed by atoms with Gasteiger partial charge >= 0.3 is 0 Å². The van der Waals surface area contributed by atoms with Gasteiger partial charge in [0.2, 0.25) is 0 Å². The van der Waals surface area contributed by atoms with Gasteiger partial charge in [-0.05, 0) is 82.9 Å². The van der Waals surface area contributed by atoms with Gasteiger partial charge in [-0.25, -0.2) is 4.98 Å². The number of hydrogen-bond donors (Lipinski definition) is 0. The van der Waals surface area contributed by atoms with Gasteiger partial charge in [-0.2, -0.15) is 9.61 Å². The molecular formula is C27H38N4. The van der Waals surface area contributed by atoms with Crippen LogP contribution in [0.3, 0.4) is 0 Å². The molecular weight excluding hydrogens is 380 g/mol. The van der Waals surface area contributed by atoms with E-state index >= 15 is 0 Å². The maximum absolute atomic E-state index is 5.15. The maximum Gasteiger partial charge on any atom is 0.165 e. The molecule has 31 heavy (non-hydrogen) atoms. The van der Waals surface area contributed by atoms with Crippen molar-refractivity contribution in [3.8, 4) is 11.1 Å². The molecule has 2 aromatic heterocycles. The highest BCUT2D eigenvalue weighted by Gasteiger charge is 2.31. The summed E-state index contributed by atoms with van der Waals surface area (Å²) in [6, 6.07) is 5.13. The molecule has 3 heterocycles. The van der Waals surface area contributed by atoms with E-state index < -0.39 is 0 Å². The minimum absolute atomic E-state index is 0.576. The van der Waals surface area contributed by atoms with Crippen molar-refractivity contribution in [2.45, 2.75) is 87.1 Å². The van der Waals surface area contributed by atoms with Gasteiger partial charge in [0.15, 0.2) is 5.65 Å². The normalized spacial score (nSPS) is 16.4. The third-order valence-corrected chi connectivity index (χ3v) is 7.00. The Labute approximate surface area is 187 Å². The molecule has 0 N–H and O–H groups in total. The molecule has 166 valence electrons. The number of aromatic nitrogens is 3. The zero-order valence-corrected chi connectivity index (χ0v) is 20.6. The summed E-state index contributed by atoms with van der Waals surface area (Å²) >= 11 is 0. The largest absolute Gasteiger partial charge is 0.353 e. The Morgan fingerprint density at radius 2 is 1.68 bits per heavy atom. The second-order valence-corrected chi connectivity index (χ2v) is 9.95. The zero-order valence-electron chi connectivity index (χ0n) is 20.6. The first-order chi connectivity index (χ1) is 14.7. The van der Waals surface area contributed by atoms with Crippen LogP contribution in [0.1, 0.15) is 73.7 Å². The third kappa shape index (κ3) is 3.75. The van der Waals surface area contributed by atoms with E-state index in [9.17, 15) is 0 Å². The van der Waals surface area contributed by atoms with Gasteiger partial charge in [-0.1, -0.05) is 38.5 Å². The Kier molecular flexibility index (Phi) is 5.85. The highest BCUT2D eigenvalue weighted by atomic mass is 15.4. The molecule has 4 rings (SSSR count). The lowest BCUT2D eigenvalue weighted by Gasteiger charge is -2.39. The van der Waals surface area contributed by atoms with Crippen LogP contribution in [0.5, 0.6) is 0 Å². The Morgan fingerprint density at radius 1 is 1.00 bits per heavy atom. The summed E-state index contributed by atoms with van der Waals surface area (Å²) < 4.78 is 2.17. The fourth-order valence-electron chi connectivity index (χ4n) is 5.49. The van der Waals surface area contributed by atoms with Gasteiger partial charge in [0.05, 0.1) is 11.3 Å². The number of anilines is 1. The van der Waals surface area contributed by atoms with Crippen LogP contribution < -0.4 is 4.90 Å². The summed E-state index contributed by atoms with van der Waals surface area (Å²) in [4.78, 5) is 7.79. The number of fused-ring (bicyclic) bond motifs is 3. The topological polar surface area (TPSA) is 33.4 Å². The molecule has 0 saturated heterocycles. The molecule has 1 aromatic carbocycles. The average Bonchev–Trinajstić information content (AvgIpc) is 3.01. The van der Waals surface area contributed by atoms with E-state index in [1.54, 1.807) is 0 Å². The van der Waals surface area contributed by atoms with Gasteiger partial charge in [0.1, 0.15) is 5.82 Å². The van der Waals surface area contributed by atoms with Crippen molar-refractivity contribution in [2.75, 3.05) is 11.4 Å². The zero-order chi connectivity index (χ0) is 22.4. The highest BCUT2D eigenvalue weighted by Crippen LogP contribution is 2.39. The van der Waals surface area contributed by atoms with Crippen molar-refractivity contribution < 1.29 is 0 Å². The average molecular weight is 419 g/mol. The molecule has 0 radical (unpaired) electrons. The first-order valence-electron chi connectivity index (χ1n) is 12.0. The summed E-state index contributed by atoms with van der Waals surface area (Å²) in [7, 11) is 0. The van der Waals surface area contributed by atoms with Gasteiger partial charge < -0.3 is 4.90 Å². The quantitative estimate of drug-likeness (QED) is 0.473. The minimum atomic E-state index is 0.576. The number of rotatable bonds is 5. The number of nitrogens with zero attached hydrogens (tertiary/aromatic N) is 4. The van der Waals surface area contributed by atoms with Crippen molar-refractivity contribution in [1.29, 1.82) is 0 Å². The first-order valence-corrected chi connectivity index (χ1v) is 12.0. The Hall–Kier alpha value is -2.36. The van der Waals surface area contributed by atoms with E-state index in [0.29, 0.717) is 12.0 Å². The van der Waals surface area contributed by atoms with Crippen molar-refractivity contribution in [3.05, 3.63) is 45.8 Å². The van der Waals surface area contributed by atoms with E-state index in [4.69, 9.17) is 10.1 Å². The highest BCUT2D eigenvalue weighted by molar-refractivity contribution is 5.85. The van der Waals surface area contributed by atoms with Gasteiger partial charge in [-0.15, -0.1) is 0 Å². The summed E-state index contributed by atoms with van der Waals surface area (Å²) in [6.45, 7) is 19.0. The minimum Gasteiger partial charge on any atom is -0.353 e. The van der Waals surface area contributed by atoms with Crippen LogP contribution in [0.2, 0.25) is 0 Å². The Morgan fingerprint density at radius 3 is 2.29 bits per heavy atom. The standard InChI is InChI=1S/C27H38N4/c1-9-22-10-11-23-20(7)28-26-25(24-18(5)14-17(4)15-19(24)6)21(8)29-31(26)27(23)30(22)13-12-16(2)3/h14-16,22H,9-13H2,1-8H3. The molecule has 1 atom stereocenters. The first kappa shape index (κ1) is 21.9. The van der Waals surface area contributed by atoms with Crippen LogP contribution in [0.4, 0.5) is 5.82 Å². The van der Waals surface area contributed by atoms with E-state index in [1.165, 1.54) is 58.5 Å². The van der Waals surface area contributed by atoms with Crippen LogP contribution >= 0.6 is 0 Å². The lowest BCUT2D eigenvalue weighted by molar-refractivity contribution is 0.468. The maximum atomic E-state index is 5.15. The van der Waals surface area contributed by atoms with E-state index in [0.717, 1.165) is 30.0 Å². The van der Waals surface area contributed by atoms with Crippen molar-refractivity contribution in [1.82, 2.24) is 14.6 Å². The molecule has 0 saturated carbocycles. The molecule has 1 unspecified atom stereocenters. The smallest absolute Gasteiger partial charge is 0.165 e. The molecule has 0 amide bonds. The Bertz CT molecular complexity index is 1100. The fraction of sp³-hybridized carbons (Fsp3) is 0.556. The van der Waals surface area contributed by atoms with Crippen LogP contribution in [0.25, 0.3) is 16.8 Å². The van der Waals surface area contributed by atoms with Crippen molar-refractivity contribution in [3.63, 3.8) is 0 Å². The van der Waals surface area contributed by atoms with E-state index in [-0.39, 0.29) is 0 Å². The van der Waals surface area contributed by atoms with Crippen LogP contribution in [0.15, 0.2) is 12.1 Å². The molecule has 0 fully saturated rings. The van der Waals surface area contributed by atoms with E-state index in [1.807, 2.05) is 0 Å². The van der Waals surface area contributed by atoms with E-state index in [2.05, 4.69) is 76.9 Å². The lowest BCUT2D eigenvalue weighted by Crippen LogP contribution is -2.42. The number of benzene rings is 1. The molecule has 0 aliphatic carbocycles. The summed E-state index contributed by atoms with van der Waals surface area (Å²) in [5, 5.41) is 5.11. The van der Waals surface area contributed by atoms with Crippen molar-refractivity contribution >= 4 is 11.5 Å². The molecule has 3 aromatic rings. The number of hydrogen-bond acceptors (Lipinski definition) is 3. The second kappa shape index (κ2) is 8.29. The lowest BCUT2D eigenvalue weighted by atomic mass is 9.93. The van der Waals surface area contributed by atoms with Gasteiger partial charge in [-0.3, -0.25) is 0 Å². The second-order valence-electron chi connectivity index (χ2n) is 9.95. The molecule has 0 spiro atoms. The summed E-state index contributed by atoms with van der Waals surface area (Å²) in [6.07, 6.45) is 4.67. The van der Waals surface area contributed by atoms with Gasteiger partial charge in [0.25, 0.3) is 0 Å². The SMILES string of the molecule is CCC1CCc2c(C)nc3c(-c4c(C)cc(C)cc4C)c(C)nn3c2N1CCC(C)C. The van der Waals surface area contributed by atoms with Crippen LogP contribution in [0, 0.1) is 40.5 Å². The molecule has 4 heteroatoms. The fourth-order valence-corrected chi connectivity index (χ4v) is 5.49. The molecule has 4 nitrogen and oxygen atoms in total. The molecule has 1 aliphatic rings. The summed E-state index contributed by atoms with van der Waals surface area (Å²) in [5.41, 5.74) is 11.0. The molecule has 1 aliphatic heterocycles. The predicted octanol–water partition coefficient (Wildman–Crippen LogP) is 6.52. The van der Waals surface area contributed by atoms with Gasteiger partial charge in [0, 0.05) is 23.8 Å².